The van der Waals surface area contributed by atoms with Crippen molar-refractivity contribution in [3.05, 3.63) is 66.2 Å². The lowest BCUT2D eigenvalue weighted by Gasteiger charge is -2.33. The lowest BCUT2D eigenvalue weighted by molar-refractivity contribution is -0.146. The molecule has 2 saturated carbocycles. The smallest absolute Gasteiger partial charge is 0.434 e. The SMILES string of the molecule is CC1CC2CC(C1)C(NC(=O)c1ccc(-c3cn(C4CCCOC4)c4cc(OC5CCN(c6ncccn6)CC5)ccc34)nc1C(F)(F)F)(C(=O)O)C2. The van der Waals surface area contributed by atoms with E-state index in [1.165, 1.54) is 6.07 Å². The number of carbonyl (C=O) groups excluding carboxylic acids is 1. The van der Waals surface area contributed by atoms with Crippen LogP contribution in [0.3, 0.4) is 0 Å². The molecule has 2 aliphatic heterocycles. The van der Waals surface area contributed by atoms with Crippen molar-refractivity contribution in [2.24, 2.45) is 17.8 Å². The molecule has 1 amide bonds. The number of aromatic nitrogens is 4. The molecule has 2 aliphatic carbocycles. The number of piperidine rings is 1. The van der Waals surface area contributed by atoms with Crippen LogP contribution >= 0.6 is 0 Å². The van der Waals surface area contributed by atoms with E-state index in [1.807, 2.05) is 35.9 Å². The van der Waals surface area contributed by atoms with E-state index in [1.54, 1.807) is 18.5 Å². The Balaban J connectivity index is 1.10. The molecule has 14 heteroatoms. The average molecular weight is 733 g/mol. The topological polar surface area (TPSA) is 132 Å². The van der Waals surface area contributed by atoms with Crippen molar-refractivity contribution in [1.82, 2.24) is 24.8 Å². The molecule has 2 bridgehead atoms. The molecular weight excluding hydrogens is 689 g/mol. The van der Waals surface area contributed by atoms with E-state index in [-0.39, 0.29) is 42.0 Å². The quantitative estimate of drug-likeness (QED) is 0.198. The van der Waals surface area contributed by atoms with Gasteiger partial charge in [-0.2, -0.15) is 13.2 Å². The Morgan fingerprint density at radius 1 is 1.06 bits per heavy atom. The van der Waals surface area contributed by atoms with Crippen molar-refractivity contribution < 1.29 is 37.3 Å². The monoisotopic (exact) mass is 732 g/mol. The van der Waals surface area contributed by atoms with Crippen LogP contribution in [0.5, 0.6) is 5.75 Å². The molecule has 0 radical (unpaired) electrons. The number of carboxylic acid groups (broad SMARTS) is 1. The second kappa shape index (κ2) is 13.9. The number of pyridine rings is 1. The predicted molar refractivity (Wildman–Crippen MR) is 190 cm³/mol. The Hall–Kier alpha value is -4.72. The van der Waals surface area contributed by atoms with Crippen LogP contribution in [0.25, 0.3) is 22.2 Å². The van der Waals surface area contributed by atoms with Gasteiger partial charge in [-0.15, -0.1) is 0 Å². The summed E-state index contributed by atoms with van der Waals surface area (Å²) >= 11 is 0. The number of benzene rings is 1. The van der Waals surface area contributed by atoms with Crippen molar-refractivity contribution >= 4 is 28.7 Å². The van der Waals surface area contributed by atoms with Crippen LogP contribution in [0.4, 0.5) is 19.1 Å². The molecule has 8 rings (SSSR count). The van der Waals surface area contributed by atoms with Gasteiger partial charge in [0.25, 0.3) is 5.91 Å². The normalized spacial score (nSPS) is 26.5. The van der Waals surface area contributed by atoms with Gasteiger partial charge in [-0.05, 0) is 86.6 Å². The number of ether oxygens (including phenoxy) is 2. The maximum atomic E-state index is 14.7. The highest BCUT2D eigenvalue weighted by atomic mass is 19.4. The summed E-state index contributed by atoms with van der Waals surface area (Å²) in [4.78, 5) is 41.2. The molecule has 4 fully saturated rings. The van der Waals surface area contributed by atoms with Crippen LogP contribution < -0.4 is 15.0 Å². The molecule has 11 nitrogen and oxygen atoms in total. The standard InChI is InChI=1S/C39H43F3N6O5/c1-23-16-24-18-25(17-23)38(20-24,36(50)51)46-35(49)30-7-8-32(45-34(30)39(40,41)42)31-21-48(26-4-2-15-52-22-26)33-19-28(5-6-29(31)33)53-27-9-13-47(14-10-27)37-43-11-3-12-44-37/h3,5-8,11-12,19,21,23-27H,2,4,9-10,13-18,20,22H2,1H3,(H,46,49)(H,50,51). The maximum absolute atomic E-state index is 14.7. The Bertz CT molecular complexity index is 1990. The van der Waals surface area contributed by atoms with Gasteiger partial charge < -0.3 is 29.4 Å². The number of amides is 1. The number of carbonyl (C=O) groups is 2. The van der Waals surface area contributed by atoms with E-state index in [0.29, 0.717) is 48.7 Å². The van der Waals surface area contributed by atoms with Crippen molar-refractivity contribution in [2.75, 3.05) is 31.2 Å². The molecule has 4 aromatic rings. The number of hydrogen-bond acceptors (Lipinski definition) is 8. The molecule has 4 aliphatic rings. The van der Waals surface area contributed by atoms with Gasteiger partial charge >= 0.3 is 12.1 Å². The minimum absolute atomic E-state index is 0.0320. The Morgan fingerprint density at radius 3 is 2.57 bits per heavy atom. The van der Waals surface area contributed by atoms with Gasteiger partial charge in [0.2, 0.25) is 5.95 Å². The fourth-order valence-corrected chi connectivity index (χ4v) is 9.26. The zero-order valence-corrected chi connectivity index (χ0v) is 29.5. The largest absolute Gasteiger partial charge is 0.490 e. The van der Waals surface area contributed by atoms with Gasteiger partial charge in [0, 0.05) is 68.1 Å². The van der Waals surface area contributed by atoms with Crippen molar-refractivity contribution in [2.45, 2.75) is 82.2 Å². The van der Waals surface area contributed by atoms with Crippen molar-refractivity contribution in [1.29, 1.82) is 0 Å². The first-order valence-electron chi connectivity index (χ1n) is 18.5. The third-order valence-electron chi connectivity index (χ3n) is 11.7. The second-order valence-electron chi connectivity index (χ2n) is 15.3. The maximum Gasteiger partial charge on any atom is 0.434 e. The van der Waals surface area contributed by atoms with Crippen LogP contribution in [0.15, 0.2) is 55.0 Å². The summed E-state index contributed by atoms with van der Waals surface area (Å²) in [6.07, 6.45) is 5.75. The summed E-state index contributed by atoms with van der Waals surface area (Å²) in [6.45, 7) is 4.64. The summed E-state index contributed by atoms with van der Waals surface area (Å²) in [5, 5.41) is 13.6. The van der Waals surface area contributed by atoms with Gasteiger partial charge in [0.15, 0.2) is 5.69 Å². The summed E-state index contributed by atoms with van der Waals surface area (Å²) in [5.74, 6) is -0.905. The van der Waals surface area contributed by atoms with E-state index in [9.17, 15) is 27.9 Å². The molecule has 5 atom stereocenters. The molecule has 3 aromatic heterocycles. The second-order valence-corrected chi connectivity index (χ2v) is 15.3. The number of alkyl halides is 3. The van der Waals surface area contributed by atoms with Crippen molar-refractivity contribution in [3.8, 4) is 17.0 Å². The van der Waals surface area contributed by atoms with Gasteiger partial charge in [-0.25, -0.2) is 19.7 Å². The number of anilines is 1. The van der Waals surface area contributed by atoms with Gasteiger partial charge in [-0.1, -0.05) is 6.92 Å². The Labute approximate surface area is 304 Å². The third kappa shape index (κ3) is 6.81. The number of halogens is 3. The first-order chi connectivity index (χ1) is 25.5. The number of nitrogens with zero attached hydrogens (tertiary/aromatic N) is 5. The highest BCUT2D eigenvalue weighted by Crippen LogP contribution is 2.51. The molecule has 5 unspecified atom stereocenters. The Kier molecular flexibility index (Phi) is 9.28. The molecule has 280 valence electrons. The minimum Gasteiger partial charge on any atom is -0.490 e. The summed E-state index contributed by atoms with van der Waals surface area (Å²) < 4.78 is 58.5. The van der Waals surface area contributed by atoms with Crippen molar-refractivity contribution in [3.63, 3.8) is 0 Å². The molecule has 1 aromatic carbocycles. The number of nitrogens with one attached hydrogen (secondary N) is 1. The van der Waals surface area contributed by atoms with Crippen LogP contribution in [0, 0.1) is 17.8 Å². The molecule has 2 saturated heterocycles. The van der Waals surface area contributed by atoms with E-state index in [2.05, 4.69) is 25.2 Å². The first kappa shape index (κ1) is 35.3. The molecular formula is C39H43F3N6O5. The lowest BCUT2D eigenvalue weighted by atomic mass is 9.78. The molecule has 2 N–H and O–H groups in total. The van der Waals surface area contributed by atoms with Crippen LogP contribution in [0.1, 0.15) is 80.4 Å². The third-order valence-corrected chi connectivity index (χ3v) is 11.7. The van der Waals surface area contributed by atoms with Gasteiger partial charge in [0.1, 0.15) is 17.4 Å². The van der Waals surface area contributed by atoms with Crippen LogP contribution in [-0.4, -0.2) is 74.4 Å². The zero-order chi connectivity index (χ0) is 36.9. The van der Waals surface area contributed by atoms with Crippen LogP contribution in [0.2, 0.25) is 0 Å². The lowest BCUT2D eigenvalue weighted by Crippen LogP contribution is -2.57. The number of carboxylic acids is 1. The number of aliphatic carboxylic acids is 1. The molecule has 5 heterocycles. The highest BCUT2D eigenvalue weighted by molar-refractivity contribution is 6.00. The predicted octanol–water partition coefficient (Wildman–Crippen LogP) is 6.92. The number of fused-ring (bicyclic) bond motifs is 3. The van der Waals surface area contributed by atoms with E-state index in [4.69, 9.17) is 9.47 Å². The number of rotatable bonds is 8. The van der Waals surface area contributed by atoms with E-state index in [0.717, 1.165) is 56.8 Å². The Morgan fingerprint density at radius 2 is 1.85 bits per heavy atom. The minimum atomic E-state index is -4.97. The van der Waals surface area contributed by atoms with Gasteiger partial charge in [-0.3, -0.25) is 4.79 Å². The molecule has 53 heavy (non-hydrogen) atoms. The molecule has 0 spiro atoms. The van der Waals surface area contributed by atoms with Crippen LogP contribution in [-0.2, 0) is 15.7 Å². The number of hydrogen-bond donors (Lipinski definition) is 2. The summed E-state index contributed by atoms with van der Waals surface area (Å²) in [5.41, 5.74) is -2.34. The fourth-order valence-electron chi connectivity index (χ4n) is 9.26. The van der Waals surface area contributed by atoms with E-state index < -0.39 is 34.8 Å². The first-order valence-corrected chi connectivity index (χ1v) is 18.5. The average Bonchev–Trinajstić information content (AvgIpc) is 3.66. The van der Waals surface area contributed by atoms with E-state index >= 15 is 0 Å². The summed E-state index contributed by atoms with van der Waals surface area (Å²) in [6, 6.07) is 9.88. The fraction of sp³-hybridized carbons (Fsp3) is 0.513. The zero-order valence-electron chi connectivity index (χ0n) is 29.5. The van der Waals surface area contributed by atoms with Gasteiger partial charge in [0.05, 0.1) is 29.4 Å². The highest BCUT2D eigenvalue weighted by Gasteiger charge is 2.56. The summed E-state index contributed by atoms with van der Waals surface area (Å²) in [7, 11) is 0.